The second-order valence-electron chi connectivity index (χ2n) is 4.91. The van der Waals surface area contributed by atoms with E-state index in [1.165, 1.54) is 0 Å². The van der Waals surface area contributed by atoms with Gasteiger partial charge in [-0.1, -0.05) is 43.9 Å². The van der Waals surface area contributed by atoms with Gasteiger partial charge in [-0.05, 0) is 37.5 Å². The number of benzene rings is 1. The molecule has 2 nitrogen and oxygen atoms in total. The largest absolute Gasteiger partial charge is 0.462 e. The minimum atomic E-state index is -1.59. The summed E-state index contributed by atoms with van der Waals surface area (Å²) in [5.74, 6) is -0.282. The Bertz CT molecular complexity index is 426. The number of allylic oxidation sites excluding steroid dienone is 1. The first-order chi connectivity index (χ1) is 10.2. The quantitative estimate of drug-likeness (QED) is 0.429. The smallest absolute Gasteiger partial charge is 0.338 e. The van der Waals surface area contributed by atoms with Crippen LogP contribution in [0.1, 0.15) is 55.3 Å². The fraction of sp³-hybridized carbons (Fsp3) is 0.471. The molecule has 0 heterocycles. The Morgan fingerprint density at radius 3 is 2.24 bits per heavy atom. The highest BCUT2D eigenvalue weighted by atomic mass is 19.3. The molecule has 1 aromatic carbocycles. The first kappa shape index (κ1) is 17.3. The van der Waals surface area contributed by atoms with Crippen LogP contribution >= 0.6 is 0 Å². The highest BCUT2D eigenvalue weighted by Crippen LogP contribution is 2.10. The second-order valence-corrected chi connectivity index (χ2v) is 4.91. The molecule has 21 heavy (non-hydrogen) atoms. The number of halogens is 2. The van der Waals surface area contributed by atoms with Crippen LogP contribution in [0.4, 0.5) is 8.78 Å². The Morgan fingerprint density at radius 1 is 0.952 bits per heavy atom. The first-order valence-corrected chi connectivity index (χ1v) is 7.43. The van der Waals surface area contributed by atoms with E-state index in [4.69, 9.17) is 4.74 Å². The number of ether oxygens (including phenoxy) is 1. The van der Waals surface area contributed by atoms with Crippen LogP contribution in [0.2, 0.25) is 0 Å². The number of carbonyl (C=O) groups excluding carboxylic acids is 1. The van der Waals surface area contributed by atoms with Gasteiger partial charge in [0.1, 0.15) is 0 Å². The van der Waals surface area contributed by atoms with Crippen molar-refractivity contribution in [1.29, 1.82) is 0 Å². The Labute approximate surface area is 124 Å². The maximum absolute atomic E-state index is 11.8. The van der Waals surface area contributed by atoms with Crippen molar-refractivity contribution in [1.82, 2.24) is 0 Å². The second kappa shape index (κ2) is 11.0. The molecule has 0 unspecified atom stereocenters. The molecule has 0 aromatic heterocycles. The molecule has 1 aromatic rings. The van der Waals surface area contributed by atoms with Crippen molar-refractivity contribution < 1.29 is 18.3 Å². The maximum atomic E-state index is 11.8. The highest BCUT2D eigenvalue weighted by molar-refractivity contribution is 5.89. The van der Waals surface area contributed by atoms with E-state index in [1.54, 1.807) is 24.3 Å². The molecule has 1 rings (SSSR count). The lowest BCUT2D eigenvalue weighted by molar-refractivity contribution is 0.0497. The summed E-state index contributed by atoms with van der Waals surface area (Å²) in [6, 6.07) is 8.93. The van der Waals surface area contributed by atoms with Gasteiger partial charge in [-0.15, -0.1) is 0 Å². The van der Waals surface area contributed by atoms with E-state index in [9.17, 15) is 13.6 Å². The third kappa shape index (κ3) is 8.95. The average Bonchev–Trinajstić information content (AvgIpc) is 2.49. The first-order valence-electron chi connectivity index (χ1n) is 7.43. The summed E-state index contributed by atoms with van der Waals surface area (Å²) in [4.78, 5) is 11.6. The third-order valence-electron chi connectivity index (χ3n) is 3.14. The molecule has 0 saturated heterocycles. The van der Waals surface area contributed by atoms with Gasteiger partial charge in [0, 0.05) is 0 Å². The van der Waals surface area contributed by atoms with Crippen molar-refractivity contribution in [2.24, 2.45) is 0 Å². The van der Waals surface area contributed by atoms with Crippen molar-refractivity contribution >= 4 is 5.97 Å². The molecule has 0 aliphatic rings. The van der Waals surface area contributed by atoms with Crippen LogP contribution < -0.4 is 0 Å². The van der Waals surface area contributed by atoms with Gasteiger partial charge in [0.2, 0.25) is 0 Å². The maximum Gasteiger partial charge on any atom is 0.338 e. The Morgan fingerprint density at radius 2 is 1.57 bits per heavy atom. The van der Waals surface area contributed by atoms with Gasteiger partial charge >= 0.3 is 5.97 Å². The van der Waals surface area contributed by atoms with E-state index < -0.39 is 6.08 Å². The minimum absolute atomic E-state index is 0.282. The van der Waals surface area contributed by atoms with E-state index in [0.29, 0.717) is 18.6 Å². The molecule has 0 aliphatic carbocycles. The minimum Gasteiger partial charge on any atom is -0.462 e. The summed E-state index contributed by atoms with van der Waals surface area (Å²) in [6.45, 7) is 0.434. The van der Waals surface area contributed by atoms with Crippen LogP contribution in [0, 0.1) is 0 Å². The number of hydrogen-bond acceptors (Lipinski definition) is 2. The third-order valence-corrected chi connectivity index (χ3v) is 3.14. The zero-order valence-electron chi connectivity index (χ0n) is 12.2. The lowest BCUT2D eigenvalue weighted by atomic mass is 10.1. The van der Waals surface area contributed by atoms with E-state index in [-0.39, 0.29) is 5.97 Å². The Kier molecular flexibility index (Phi) is 9.09. The van der Waals surface area contributed by atoms with Crippen LogP contribution in [0.25, 0.3) is 0 Å². The summed E-state index contributed by atoms with van der Waals surface area (Å²) in [7, 11) is 0. The van der Waals surface area contributed by atoms with Crippen molar-refractivity contribution in [2.45, 2.75) is 44.9 Å². The SMILES string of the molecule is O=C(OCCCCCCCCC=C(F)F)c1ccccc1. The highest BCUT2D eigenvalue weighted by Gasteiger charge is 2.04. The zero-order chi connectivity index (χ0) is 15.3. The van der Waals surface area contributed by atoms with Crippen LogP contribution in [-0.4, -0.2) is 12.6 Å². The normalized spacial score (nSPS) is 10.2. The van der Waals surface area contributed by atoms with Crippen molar-refractivity contribution in [3.63, 3.8) is 0 Å². The predicted molar refractivity (Wildman–Crippen MR) is 79.3 cm³/mol. The molecule has 0 atom stereocenters. The molecular weight excluding hydrogens is 274 g/mol. The molecule has 0 N–H and O–H groups in total. The molecule has 0 aliphatic heterocycles. The van der Waals surface area contributed by atoms with Crippen molar-refractivity contribution in [3.05, 3.63) is 48.1 Å². The standard InChI is InChI=1S/C17H22F2O2/c18-16(19)13-9-4-2-1-3-5-10-14-21-17(20)15-11-7-6-8-12-15/h6-8,11-13H,1-5,9-10,14H2. The van der Waals surface area contributed by atoms with E-state index in [1.807, 2.05) is 6.07 Å². The van der Waals surface area contributed by atoms with E-state index in [0.717, 1.165) is 44.6 Å². The molecule has 0 radical (unpaired) electrons. The van der Waals surface area contributed by atoms with Gasteiger partial charge < -0.3 is 4.74 Å². The molecule has 0 spiro atoms. The fourth-order valence-corrected chi connectivity index (χ4v) is 1.99. The molecular formula is C17H22F2O2. The number of esters is 1. The predicted octanol–water partition coefficient (Wildman–Crippen LogP) is 5.35. The summed E-state index contributed by atoms with van der Waals surface area (Å²) in [5, 5.41) is 0. The number of hydrogen-bond donors (Lipinski definition) is 0. The van der Waals surface area contributed by atoms with Gasteiger partial charge in [-0.2, -0.15) is 8.78 Å². The topological polar surface area (TPSA) is 26.3 Å². The van der Waals surface area contributed by atoms with E-state index in [2.05, 4.69) is 0 Å². The van der Waals surface area contributed by atoms with Crippen LogP contribution in [-0.2, 0) is 4.74 Å². The van der Waals surface area contributed by atoms with Gasteiger partial charge in [-0.25, -0.2) is 4.79 Å². The fourth-order valence-electron chi connectivity index (χ4n) is 1.99. The molecule has 0 amide bonds. The van der Waals surface area contributed by atoms with Crippen LogP contribution in [0.5, 0.6) is 0 Å². The molecule has 0 saturated carbocycles. The van der Waals surface area contributed by atoms with Gasteiger partial charge in [0.05, 0.1) is 12.2 Å². The Balaban J connectivity index is 1.93. The zero-order valence-corrected chi connectivity index (χ0v) is 12.2. The molecule has 4 heteroatoms. The number of carbonyl (C=O) groups is 1. The summed E-state index contributed by atoms with van der Waals surface area (Å²) in [5.41, 5.74) is 0.575. The lowest BCUT2D eigenvalue weighted by Gasteiger charge is -2.04. The van der Waals surface area contributed by atoms with Gasteiger partial charge in [0.25, 0.3) is 6.08 Å². The number of rotatable bonds is 10. The molecule has 0 fully saturated rings. The van der Waals surface area contributed by atoms with Crippen LogP contribution in [0.3, 0.4) is 0 Å². The lowest BCUT2D eigenvalue weighted by Crippen LogP contribution is -2.06. The van der Waals surface area contributed by atoms with Gasteiger partial charge in [0.15, 0.2) is 0 Å². The number of unbranched alkanes of at least 4 members (excludes halogenated alkanes) is 6. The Hall–Kier alpha value is -1.71. The van der Waals surface area contributed by atoms with Gasteiger partial charge in [-0.3, -0.25) is 0 Å². The summed E-state index contributed by atoms with van der Waals surface area (Å²) >= 11 is 0. The van der Waals surface area contributed by atoms with E-state index >= 15 is 0 Å². The monoisotopic (exact) mass is 296 g/mol. The molecule has 116 valence electrons. The van der Waals surface area contributed by atoms with Crippen molar-refractivity contribution in [3.8, 4) is 0 Å². The average molecular weight is 296 g/mol. The summed E-state index contributed by atoms with van der Waals surface area (Å²) < 4.78 is 28.7. The van der Waals surface area contributed by atoms with Crippen molar-refractivity contribution in [2.75, 3.05) is 6.61 Å². The molecule has 0 bridgehead atoms. The van der Waals surface area contributed by atoms with Crippen LogP contribution in [0.15, 0.2) is 42.5 Å². The summed E-state index contributed by atoms with van der Waals surface area (Å²) in [6.07, 6.45) is 5.54.